The van der Waals surface area contributed by atoms with E-state index in [0.717, 1.165) is 31.5 Å². The first kappa shape index (κ1) is 30.9. The fraction of sp³-hybridized carbons (Fsp3) is 0.548. The highest BCUT2D eigenvalue weighted by Crippen LogP contribution is 2.51. The second-order valence-corrected chi connectivity index (χ2v) is 13.4. The number of halogens is 6. The van der Waals surface area contributed by atoms with Crippen LogP contribution in [0.3, 0.4) is 0 Å². The monoisotopic (exact) mass is 663 g/mol. The van der Waals surface area contributed by atoms with Crippen molar-refractivity contribution in [2.24, 2.45) is 5.92 Å². The summed E-state index contributed by atoms with van der Waals surface area (Å²) in [6.07, 6.45) is -2.20. The lowest BCUT2D eigenvalue weighted by molar-refractivity contribution is -0.137. The van der Waals surface area contributed by atoms with Gasteiger partial charge in [0.15, 0.2) is 5.82 Å². The first-order valence-electron chi connectivity index (χ1n) is 15.2. The third-order valence-electron chi connectivity index (χ3n) is 9.87. The summed E-state index contributed by atoms with van der Waals surface area (Å²) in [4.78, 5) is 17.2. The van der Waals surface area contributed by atoms with E-state index in [4.69, 9.17) is 26.8 Å². The molecule has 7 rings (SSSR count). The Hall–Kier alpha value is -3.70. The van der Waals surface area contributed by atoms with Gasteiger partial charge < -0.3 is 20.1 Å². The number of nitrogens with two attached hydrogens (primary N) is 1. The van der Waals surface area contributed by atoms with Crippen LogP contribution in [0.15, 0.2) is 12.1 Å². The third-order valence-corrected chi connectivity index (χ3v) is 10.2. The van der Waals surface area contributed by atoms with E-state index in [1.807, 2.05) is 0 Å². The number of ether oxygens (including phenoxy) is 2. The lowest BCUT2D eigenvalue weighted by atomic mass is 9.67. The van der Waals surface area contributed by atoms with Gasteiger partial charge in [-0.05, 0) is 50.3 Å². The molecule has 2 aromatic heterocycles. The van der Waals surface area contributed by atoms with Crippen LogP contribution in [0.25, 0.3) is 22.2 Å². The number of hydrogen-bond donors (Lipinski definition) is 1. The van der Waals surface area contributed by atoms with Crippen LogP contribution in [0.5, 0.6) is 11.9 Å². The Morgan fingerprint density at radius 2 is 1.96 bits per heavy atom. The average molecular weight is 664 g/mol. The number of nitrogen functional groups attached to an aromatic ring is 1. The molecule has 4 aliphatic rings. The van der Waals surface area contributed by atoms with Gasteiger partial charge >= 0.3 is 12.2 Å². The van der Waals surface area contributed by atoms with Gasteiger partial charge in [0, 0.05) is 50.7 Å². The van der Waals surface area contributed by atoms with Crippen LogP contribution < -0.4 is 20.1 Å². The smallest absolute Gasteiger partial charge is 0.418 e. The quantitative estimate of drug-likeness (QED) is 0.247. The van der Waals surface area contributed by atoms with Gasteiger partial charge in [-0.15, -0.1) is 0 Å². The molecular formula is C31H31ClF5N7O2. The van der Waals surface area contributed by atoms with Crippen LogP contribution in [0, 0.1) is 23.1 Å². The Bertz CT molecular complexity index is 1760. The van der Waals surface area contributed by atoms with E-state index in [0.29, 0.717) is 45.2 Å². The van der Waals surface area contributed by atoms with Gasteiger partial charge in [0.25, 0.3) is 0 Å². The second kappa shape index (κ2) is 10.9. The summed E-state index contributed by atoms with van der Waals surface area (Å²) < 4.78 is 86.6. The summed E-state index contributed by atoms with van der Waals surface area (Å²) in [6, 6.07) is 3.88. The molecule has 0 unspecified atom stereocenters. The predicted octanol–water partition coefficient (Wildman–Crippen LogP) is 6.32. The highest BCUT2D eigenvalue weighted by molar-refractivity contribution is 6.32. The van der Waals surface area contributed by atoms with E-state index in [2.05, 4.69) is 25.9 Å². The maximum atomic E-state index is 16.7. The molecule has 0 bridgehead atoms. The maximum Gasteiger partial charge on any atom is 0.418 e. The molecule has 1 spiro atoms. The van der Waals surface area contributed by atoms with Crippen LogP contribution in [0.4, 0.5) is 33.5 Å². The minimum atomic E-state index is -4.97. The Kier molecular flexibility index (Phi) is 7.36. The van der Waals surface area contributed by atoms with Gasteiger partial charge in [0.05, 0.1) is 22.2 Å². The molecule has 9 nitrogen and oxygen atoms in total. The molecule has 2 N–H and O–H groups in total. The number of hydrogen-bond acceptors (Lipinski definition) is 9. The van der Waals surface area contributed by atoms with Gasteiger partial charge in [-0.1, -0.05) is 11.6 Å². The number of fused-ring (bicyclic) bond motifs is 1. The number of pyridine rings is 1. The highest BCUT2D eigenvalue weighted by Gasteiger charge is 2.50. The summed E-state index contributed by atoms with van der Waals surface area (Å²) in [6.45, 7) is 1.55. The largest absolute Gasteiger partial charge is 0.470 e. The molecular weight excluding hydrogens is 633 g/mol. The average Bonchev–Trinajstić information content (AvgIpc) is 3.48. The van der Waals surface area contributed by atoms with Gasteiger partial charge in [-0.25, -0.2) is 13.8 Å². The number of nitrogens with zero attached hydrogens (tertiary/aromatic N) is 6. The first-order valence-corrected chi connectivity index (χ1v) is 15.6. The third kappa shape index (κ3) is 5.12. The Labute approximate surface area is 266 Å². The summed E-state index contributed by atoms with van der Waals surface area (Å²) in [5.41, 5.74) is 1.45. The van der Waals surface area contributed by atoms with E-state index >= 15 is 4.39 Å². The zero-order valence-electron chi connectivity index (χ0n) is 24.9. The van der Waals surface area contributed by atoms with Crippen molar-refractivity contribution in [1.82, 2.24) is 19.9 Å². The Morgan fingerprint density at radius 1 is 1.17 bits per heavy atom. The summed E-state index contributed by atoms with van der Waals surface area (Å²) in [5.74, 6) is -0.992. The minimum Gasteiger partial charge on any atom is -0.470 e. The number of anilines is 2. The van der Waals surface area contributed by atoms with E-state index in [1.165, 1.54) is 0 Å². The van der Waals surface area contributed by atoms with Gasteiger partial charge in [-0.2, -0.15) is 28.4 Å². The van der Waals surface area contributed by atoms with Crippen molar-refractivity contribution in [2.75, 3.05) is 43.9 Å². The van der Waals surface area contributed by atoms with Crippen LogP contribution in [0.2, 0.25) is 5.02 Å². The van der Waals surface area contributed by atoms with Crippen LogP contribution in [-0.2, 0) is 6.18 Å². The van der Waals surface area contributed by atoms with E-state index < -0.39 is 51.1 Å². The van der Waals surface area contributed by atoms with Gasteiger partial charge in [0.2, 0.25) is 5.88 Å². The van der Waals surface area contributed by atoms with Crippen molar-refractivity contribution >= 4 is 34.0 Å². The zero-order chi connectivity index (χ0) is 32.6. The molecule has 15 heteroatoms. The zero-order valence-corrected chi connectivity index (χ0v) is 25.7. The summed E-state index contributed by atoms with van der Waals surface area (Å²) >= 11 is 6.03. The van der Waals surface area contributed by atoms with Crippen molar-refractivity contribution in [2.45, 2.75) is 68.4 Å². The minimum absolute atomic E-state index is 0.0669. The molecule has 3 aromatic rings. The molecule has 3 aliphatic heterocycles. The maximum absolute atomic E-state index is 16.7. The molecule has 0 amide bonds. The first-order chi connectivity index (χ1) is 21.8. The van der Waals surface area contributed by atoms with Crippen molar-refractivity contribution in [3.05, 3.63) is 28.5 Å². The lowest BCUT2D eigenvalue weighted by Crippen LogP contribution is -2.51. The van der Waals surface area contributed by atoms with Crippen molar-refractivity contribution in [1.29, 1.82) is 5.26 Å². The van der Waals surface area contributed by atoms with Crippen molar-refractivity contribution < 1.29 is 31.4 Å². The fourth-order valence-electron chi connectivity index (χ4n) is 7.73. The van der Waals surface area contributed by atoms with E-state index in [9.17, 15) is 22.8 Å². The second-order valence-electron chi connectivity index (χ2n) is 13.0. The van der Waals surface area contributed by atoms with Crippen LogP contribution >= 0.6 is 11.6 Å². The Morgan fingerprint density at radius 3 is 2.70 bits per heavy atom. The normalized spacial score (nSPS) is 27.6. The van der Waals surface area contributed by atoms with Gasteiger partial charge in [-0.3, -0.25) is 4.90 Å². The molecule has 2 saturated heterocycles. The molecule has 1 aliphatic carbocycles. The number of alkyl halides is 4. The predicted molar refractivity (Wildman–Crippen MR) is 160 cm³/mol. The summed E-state index contributed by atoms with van der Waals surface area (Å²) in [5, 5.41) is 8.57. The molecule has 2 atom stereocenters. The molecule has 46 heavy (non-hydrogen) atoms. The molecule has 1 aromatic carbocycles. The van der Waals surface area contributed by atoms with Crippen molar-refractivity contribution in [3.8, 4) is 29.2 Å². The summed E-state index contributed by atoms with van der Waals surface area (Å²) in [7, 11) is 1.76. The fourth-order valence-corrected chi connectivity index (χ4v) is 8.07. The standard InChI is InChI=1S/C31H31ClF5N7O2/c1-43-8-5-30(11-16(12-30)3-6-38)46-27-21-25(23(34)24(40-27)19-9-18(39)10-20(32)22(19)31(35,36)37)41-28(42-26(21)43)45-15-29-4-2-7-44(29)14-17(33)13-29/h9-10,16-17H,2-5,7-8,11-15,39H2,1H3/t16?,17-,29+,30?/m1/s1. The van der Waals surface area contributed by atoms with Crippen LogP contribution in [0.1, 0.15) is 50.5 Å². The molecule has 1 saturated carbocycles. The number of nitriles is 1. The number of rotatable bonds is 5. The SMILES string of the molecule is CN1CCC2(CC(CC#N)C2)Oc2nc(-c3cc(N)cc(Cl)c3C(F)(F)F)c(F)c3nc(OC[C@@]45CCCN4C[C@H](F)C5)nc1c23. The highest BCUT2D eigenvalue weighted by atomic mass is 35.5. The van der Waals surface area contributed by atoms with Crippen LogP contribution in [-0.4, -0.2) is 70.5 Å². The van der Waals surface area contributed by atoms with E-state index in [-0.39, 0.29) is 46.8 Å². The molecule has 5 heterocycles. The molecule has 244 valence electrons. The topological polar surface area (TPSA) is 113 Å². The van der Waals surface area contributed by atoms with Crippen molar-refractivity contribution in [3.63, 3.8) is 0 Å². The number of aromatic nitrogens is 3. The molecule has 0 radical (unpaired) electrons. The molecule has 3 fully saturated rings. The lowest BCUT2D eigenvalue weighted by Gasteiger charge is -2.48. The van der Waals surface area contributed by atoms with Gasteiger partial charge in [0.1, 0.15) is 40.8 Å². The van der Waals surface area contributed by atoms with E-state index in [1.54, 1.807) is 11.9 Å². The Balaban J connectivity index is 1.40. The number of benzene rings is 1.